The van der Waals surface area contributed by atoms with Gasteiger partial charge in [-0.3, -0.25) is 0 Å². The molecule has 1 rings (SSSR count). The normalized spacial score (nSPS) is 23.3. The first-order chi connectivity index (χ1) is 8.74. The third-order valence-electron chi connectivity index (χ3n) is 3.76. The average Bonchev–Trinajstić information content (AvgIpc) is 2.51. The van der Waals surface area contributed by atoms with Crippen molar-refractivity contribution < 1.29 is 8.42 Å². The second-order valence-electron chi connectivity index (χ2n) is 6.68. The number of hydrogen-bond donors (Lipinski definition) is 1. The lowest BCUT2D eigenvalue weighted by molar-refractivity contribution is 0.203. The van der Waals surface area contributed by atoms with Crippen LogP contribution in [0.2, 0.25) is 0 Å². The summed E-state index contributed by atoms with van der Waals surface area (Å²) in [5.74, 6) is 0.624. The molecule has 1 heterocycles. The van der Waals surface area contributed by atoms with Crippen LogP contribution < -0.4 is 5.32 Å². The van der Waals surface area contributed by atoms with Crippen LogP contribution in [0.5, 0.6) is 0 Å². The number of nitrogens with zero attached hydrogens (tertiary/aromatic N) is 1. The van der Waals surface area contributed by atoms with Gasteiger partial charge in [0.15, 0.2) is 9.84 Å². The minimum absolute atomic E-state index is 0.213. The molecule has 1 aliphatic heterocycles. The van der Waals surface area contributed by atoms with Crippen molar-refractivity contribution in [1.82, 2.24) is 10.2 Å². The van der Waals surface area contributed by atoms with Gasteiger partial charge in [-0.1, -0.05) is 27.7 Å². The summed E-state index contributed by atoms with van der Waals surface area (Å²) in [5.41, 5.74) is 0.213. The predicted molar refractivity (Wildman–Crippen MR) is 81.2 cm³/mol. The van der Waals surface area contributed by atoms with Gasteiger partial charge in [-0.25, -0.2) is 8.42 Å². The largest absolute Gasteiger partial charge is 0.312 e. The van der Waals surface area contributed by atoms with Crippen LogP contribution in [0.1, 0.15) is 40.5 Å². The van der Waals surface area contributed by atoms with Crippen molar-refractivity contribution in [2.75, 3.05) is 37.7 Å². The van der Waals surface area contributed by atoms with Gasteiger partial charge in [-0.15, -0.1) is 0 Å². The van der Waals surface area contributed by atoms with Crippen molar-refractivity contribution in [3.63, 3.8) is 0 Å². The summed E-state index contributed by atoms with van der Waals surface area (Å²) in [6.45, 7) is 12.3. The van der Waals surface area contributed by atoms with Crippen LogP contribution >= 0.6 is 0 Å². The van der Waals surface area contributed by atoms with Crippen molar-refractivity contribution in [3.8, 4) is 0 Å². The molecule has 0 amide bonds. The number of rotatable bonds is 5. The SMILES string of the molecule is CCCS(=O)(=O)CCN1CCCNC(C(C)(C)C)C1. The molecule has 0 aromatic carbocycles. The lowest BCUT2D eigenvalue weighted by Crippen LogP contribution is -2.47. The second-order valence-corrected chi connectivity index (χ2v) is 8.98. The molecule has 0 aromatic rings. The molecule has 0 saturated carbocycles. The summed E-state index contributed by atoms with van der Waals surface area (Å²) < 4.78 is 23.6. The van der Waals surface area contributed by atoms with E-state index < -0.39 is 9.84 Å². The van der Waals surface area contributed by atoms with Gasteiger partial charge in [-0.05, 0) is 31.3 Å². The van der Waals surface area contributed by atoms with Crippen LogP contribution in [0, 0.1) is 5.41 Å². The maximum atomic E-state index is 11.8. The van der Waals surface area contributed by atoms with E-state index in [1.54, 1.807) is 0 Å². The molecular formula is C14H30N2O2S. The van der Waals surface area contributed by atoms with E-state index in [-0.39, 0.29) is 5.41 Å². The van der Waals surface area contributed by atoms with Crippen molar-refractivity contribution in [3.05, 3.63) is 0 Å². The van der Waals surface area contributed by atoms with E-state index in [1.807, 2.05) is 6.92 Å². The Balaban J connectivity index is 2.53. The molecule has 1 aliphatic rings. The molecule has 0 radical (unpaired) electrons. The zero-order valence-corrected chi connectivity index (χ0v) is 13.7. The molecule has 0 aromatic heterocycles. The van der Waals surface area contributed by atoms with Crippen molar-refractivity contribution >= 4 is 9.84 Å². The summed E-state index contributed by atoms with van der Waals surface area (Å²) in [7, 11) is -2.86. The first kappa shape index (κ1) is 16.9. The van der Waals surface area contributed by atoms with Gasteiger partial charge >= 0.3 is 0 Å². The van der Waals surface area contributed by atoms with Gasteiger partial charge in [0, 0.05) is 24.9 Å². The average molecular weight is 290 g/mol. The van der Waals surface area contributed by atoms with E-state index in [0.29, 0.717) is 30.5 Å². The van der Waals surface area contributed by atoms with Crippen molar-refractivity contribution in [1.29, 1.82) is 0 Å². The number of hydrogen-bond acceptors (Lipinski definition) is 4. The molecule has 1 N–H and O–H groups in total. The smallest absolute Gasteiger partial charge is 0.151 e. The van der Waals surface area contributed by atoms with Crippen LogP contribution in [-0.4, -0.2) is 57.0 Å². The van der Waals surface area contributed by atoms with E-state index in [9.17, 15) is 8.42 Å². The fourth-order valence-electron chi connectivity index (χ4n) is 2.46. The highest BCUT2D eigenvalue weighted by atomic mass is 32.2. The third-order valence-corrected chi connectivity index (χ3v) is 5.60. The molecular weight excluding hydrogens is 260 g/mol. The Morgan fingerprint density at radius 2 is 1.95 bits per heavy atom. The highest BCUT2D eigenvalue weighted by Crippen LogP contribution is 2.21. The number of sulfone groups is 1. The Bertz CT molecular complexity index is 360. The van der Waals surface area contributed by atoms with Crippen LogP contribution in [-0.2, 0) is 9.84 Å². The van der Waals surface area contributed by atoms with Crippen LogP contribution in [0.3, 0.4) is 0 Å². The van der Waals surface area contributed by atoms with Gasteiger partial charge in [0.2, 0.25) is 0 Å². The molecule has 5 heteroatoms. The van der Waals surface area contributed by atoms with Gasteiger partial charge in [0.05, 0.1) is 5.75 Å². The van der Waals surface area contributed by atoms with Gasteiger partial charge < -0.3 is 10.2 Å². The quantitative estimate of drug-likeness (QED) is 0.834. The molecule has 1 unspecified atom stereocenters. The first-order valence-corrected chi connectivity index (χ1v) is 9.23. The highest BCUT2D eigenvalue weighted by Gasteiger charge is 2.28. The maximum absolute atomic E-state index is 11.8. The third kappa shape index (κ3) is 6.23. The number of nitrogens with one attached hydrogen (secondary N) is 1. The van der Waals surface area contributed by atoms with Crippen LogP contribution in [0.15, 0.2) is 0 Å². The second kappa shape index (κ2) is 7.04. The topological polar surface area (TPSA) is 49.4 Å². The van der Waals surface area contributed by atoms with Gasteiger partial charge in [0.1, 0.15) is 0 Å². The van der Waals surface area contributed by atoms with Gasteiger partial charge in [-0.2, -0.15) is 0 Å². The van der Waals surface area contributed by atoms with E-state index in [4.69, 9.17) is 0 Å². The molecule has 1 atom stereocenters. The predicted octanol–water partition coefficient (Wildman–Crippen LogP) is 1.52. The monoisotopic (exact) mass is 290 g/mol. The van der Waals surface area contributed by atoms with Gasteiger partial charge in [0.25, 0.3) is 0 Å². The Morgan fingerprint density at radius 3 is 2.53 bits per heavy atom. The fraction of sp³-hybridized carbons (Fsp3) is 1.00. The first-order valence-electron chi connectivity index (χ1n) is 7.41. The standard InChI is InChI=1S/C14H30N2O2S/c1-5-10-19(17,18)11-9-16-8-6-7-15-13(12-16)14(2,3)4/h13,15H,5-12H2,1-4H3. The van der Waals surface area contributed by atoms with Crippen LogP contribution in [0.4, 0.5) is 0 Å². The molecule has 4 nitrogen and oxygen atoms in total. The van der Waals surface area contributed by atoms with E-state index in [2.05, 4.69) is 31.0 Å². The summed E-state index contributed by atoms with van der Waals surface area (Å²) in [4.78, 5) is 2.31. The molecule has 19 heavy (non-hydrogen) atoms. The van der Waals surface area contributed by atoms with E-state index in [0.717, 1.165) is 26.1 Å². The molecule has 1 saturated heterocycles. The molecule has 0 aliphatic carbocycles. The lowest BCUT2D eigenvalue weighted by atomic mass is 9.86. The Kier molecular flexibility index (Phi) is 6.27. The minimum atomic E-state index is -2.86. The zero-order valence-electron chi connectivity index (χ0n) is 12.9. The molecule has 1 fully saturated rings. The minimum Gasteiger partial charge on any atom is -0.312 e. The Hall–Kier alpha value is -0.130. The molecule has 0 bridgehead atoms. The fourth-order valence-corrected chi connectivity index (χ4v) is 3.82. The summed E-state index contributed by atoms with van der Waals surface area (Å²) in [6.07, 6.45) is 1.81. The highest BCUT2D eigenvalue weighted by molar-refractivity contribution is 7.91. The summed E-state index contributed by atoms with van der Waals surface area (Å²) >= 11 is 0. The lowest BCUT2D eigenvalue weighted by Gasteiger charge is -2.33. The summed E-state index contributed by atoms with van der Waals surface area (Å²) in [6, 6.07) is 0.434. The summed E-state index contributed by atoms with van der Waals surface area (Å²) in [5, 5.41) is 3.58. The Morgan fingerprint density at radius 1 is 1.26 bits per heavy atom. The zero-order chi connectivity index (χ0) is 14.5. The van der Waals surface area contributed by atoms with E-state index in [1.165, 1.54) is 0 Å². The molecule has 0 spiro atoms. The van der Waals surface area contributed by atoms with Crippen molar-refractivity contribution in [2.45, 2.75) is 46.6 Å². The maximum Gasteiger partial charge on any atom is 0.151 e. The van der Waals surface area contributed by atoms with Crippen molar-refractivity contribution in [2.24, 2.45) is 5.41 Å². The van der Waals surface area contributed by atoms with Crippen LogP contribution in [0.25, 0.3) is 0 Å². The Labute approximate surface area is 118 Å². The molecule has 114 valence electrons. The van der Waals surface area contributed by atoms with E-state index >= 15 is 0 Å².